The first kappa shape index (κ1) is 12.1. The molecule has 2 N–H and O–H groups in total. The quantitative estimate of drug-likeness (QED) is 0.313. The van der Waals surface area contributed by atoms with Gasteiger partial charge in [-0.2, -0.15) is 0 Å². The molecule has 0 amide bonds. The Kier molecular flexibility index (Phi) is 7.14. The van der Waals surface area contributed by atoms with Crippen molar-refractivity contribution in [2.75, 3.05) is 19.8 Å². The fourth-order valence-corrected chi connectivity index (χ4v) is 0.668. The van der Waals surface area contributed by atoms with E-state index in [2.05, 4.69) is 4.74 Å². The highest BCUT2D eigenvalue weighted by atomic mass is 16.5. The van der Waals surface area contributed by atoms with E-state index in [1.165, 1.54) is 0 Å². The van der Waals surface area contributed by atoms with Crippen LogP contribution >= 0.6 is 0 Å². The molecule has 0 aromatic rings. The van der Waals surface area contributed by atoms with Crippen molar-refractivity contribution in [1.82, 2.24) is 0 Å². The van der Waals surface area contributed by atoms with E-state index in [9.17, 15) is 9.59 Å². The summed E-state index contributed by atoms with van der Waals surface area (Å²) in [6, 6.07) is 0. The number of aliphatic hydroxyl groups is 2. The summed E-state index contributed by atoms with van der Waals surface area (Å²) in [6.07, 6.45) is 0.770. The van der Waals surface area contributed by atoms with Crippen molar-refractivity contribution in [3.05, 3.63) is 0 Å². The molecule has 0 aromatic carbocycles. The summed E-state index contributed by atoms with van der Waals surface area (Å²) in [7, 11) is 0. The van der Waals surface area contributed by atoms with Crippen molar-refractivity contribution in [3.63, 3.8) is 0 Å². The average molecular weight is 190 g/mol. The van der Waals surface area contributed by atoms with Gasteiger partial charge in [0, 0.05) is 6.61 Å². The van der Waals surface area contributed by atoms with E-state index in [1.807, 2.05) is 0 Å². The molecular formula is C8H14O5. The molecule has 0 aromatic heterocycles. The Bertz CT molecular complexity index is 166. The highest BCUT2D eigenvalue weighted by Crippen LogP contribution is 1.92. The van der Waals surface area contributed by atoms with Gasteiger partial charge in [0.2, 0.25) is 0 Å². The number of hydrogen-bond acceptors (Lipinski definition) is 5. The monoisotopic (exact) mass is 190 g/mol. The first-order chi connectivity index (χ1) is 6.20. The van der Waals surface area contributed by atoms with Crippen LogP contribution in [0.4, 0.5) is 0 Å². The van der Waals surface area contributed by atoms with Crippen LogP contribution < -0.4 is 0 Å². The number of esters is 1. The van der Waals surface area contributed by atoms with Crippen LogP contribution in [-0.2, 0) is 14.3 Å². The number of carbonyl (C=O) groups is 2. The van der Waals surface area contributed by atoms with Gasteiger partial charge in [-0.05, 0) is 12.8 Å². The van der Waals surface area contributed by atoms with Crippen LogP contribution in [0.25, 0.3) is 0 Å². The summed E-state index contributed by atoms with van der Waals surface area (Å²) in [5.74, 6) is -1.18. The molecular weight excluding hydrogens is 176 g/mol. The lowest BCUT2D eigenvalue weighted by atomic mass is 10.3. The molecule has 0 saturated carbocycles. The number of ether oxygens (including phenoxy) is 1. The van der Waals surface area contributed by atoms with Crippen LogP contribution in [0, 0.1) is 0 Å². The van der Waals surface area contributed by atoms with Crippen molar-refractivity contribution in [1.29, 1.82) is 0 Å². The number of rotatable bonds is 7. The zero-order chi connectivity index (χ0) is 10.1. The number of hydrogen-bond donors (Lipinski definition) is 2. The summed E-state index contributed by atoms with van der Waals surface area (Å²) in [5, 5.41) is 16.7. The normalized spacial score (nSPS) is 9.69. The standard InChI is InChI=1S/C8H14O5/c9-3-1-2-4-13-8(12)5-7(11)6-10/h9-10H,1-6H2. The van der Waals surface area contributed by atoms with Gasteiger partial charge in [-0.15, -0.1) is 0 Å². The highest BCUT2D eigenvalue weighted by Gasteiger charge is 2.08. The Morgan fingerprint density at radius 3 is 2.38 bits per heavy atom. The van der Waals surface area contributed by atoms with Crippen molar-refractivity contribution < 1.29 is 24.5 Å². The Morgan fingerprint density at radius 2 is 1.85 bits per heavy atom. The zero-order valence-corrected chi connectivity index (χ0v) is 7.36. The molecule has 0 aliphatic rings. The number of aliphatic hydroxyl groups excluding tert-OH is 2. The molecule has 5 heteroatoms. The second-order valence-corrected chi connectivity index (χ2v) is 2.52. The van der Waals surface area contributed by atoms with Crippen molar-refractivity contribution >= 4 is 11.8 Å². The second kappa shape index (κ2) is 7.70. The Balaban J connectivity index is 3.35. The molecule has 0 unspecified atom stereocenters. The van der Waals surface area contributed by atoms with Gasteiger partial charge in [0.25, 0.3) is 0 Å². The minimum atomic E-state index is -0.633. The predicted octanol–water partition coefficient (Wildman–Crippen LogP) is -0.746. The smallest absolute Gasteiger partial charge is 0.313 e. The molecule has 0 saturated heterocycles. The fraction of sp³-hybridized carbons (Fsp3) is 0.750. The van der Waals surface area contributed by atoms with Crippen molar-refractivity contribution in [2.24, 2.45) is 0 Å². The summed E-state index contributed by atoms with van der Waals surface area (Å²) in [6.45, 7) is -0.364. The Labute approximate surface area is 76.3 Å². The second-order valence-electron chi connectivity index (χ2n) is 2.52. The lowest BCUT2D eigenvalue weighted by Crippen LogP contribution is -2.14. The number of unbranched alkanes of at least 4 members (excludes halogenated alkanes) is 1. The maximum Gasteiger partial charge on any atom is 0.313 e. The van der Waals surface area contributed by atoms with Gasteiger partial charge in [-0.25, -0.2) is 0 Å². The van der Waals surface area contributed by atoms with Gasteiger partial charge < -0.3 is 14.9 Å². The first-order valence-electron chi connectivity index (χ1n) is 4.09. The highest BCUT2D eigenvalue weighted by molar-refractivity contribution is 5.96. The topological polar surface area (TPSA) is 83.8 Å². The molecule has 0 aliphatic heterocycles. The van der Waals surface area contributed by atoms with Gasteiger partial charge in [-0.1, -0.05) is 0 Å². The summed E-state index contributed by atoms with van der Waals surface area (Å²) in [5.41, 5.74) is 0. The SMILES string of the molecule is O=C(CO)CC(=O)OCCCCO. The Hall–Kier alpha value is -0.940. The predicted molar refractivity (Wildman–Crippen MR) is 44.0 cm³/mol. The molecule has 0 atom stereocenters. The van der Waals surface area contributed by atoms with E-state index in [-0.39, 0.29) is 19.6 Å². The molecule has 0 bridgehead atoms. The largest absolute Gasteiger partial charge is 0.465 e. The summed E-state index contributed by atoms with van der Waals surface area (Å²) < 4.78 is 4.63. The van der Waals surface area contributed by atoms with Gasteiger partial charge in [0.05, 0.1) is 6.61 Å². The molecule has 0 rings (SSSR count). The molecule has 0 heterocycles. The third-order valence-electron chi connectivity index (χ3n) is 1.33. The third-order valence-corrected chi connectivity index (χ3v) is 1.33. The molecule has 13 heavy (non-hydrogen) atoms. The number of ketones is 1. The van der Waals surface area contributed by atoms with E-state index < -0.39 is 18.4 Å². The molecule has 0 fully saturated rings. The van der Waals surface area contributed by atoms with Crippen LogP contribution in [0.1, 0.15) is 19.3 Å². The number of Topliss-reactive ketones (excluding diaryl/α,β-unsaturated/α-hetero) is 1. The van der Waals surface area contributed by atoms with E-state index >= 15 is 0 Å². The van der Waals surface area contributed by atoms with Gasteiger partial charge in [-0.3, -0.25) is 9.59 Å². The molecule has 76 valence electrons. The maximum absolute atomic E-state index is 10.8. The maximum atomic E-state index is 10.8. The number of carbonyl (C=O) groups excluding carboxylic acids is 2. The van der Waals surface area contributed by atoms with Gasteiger partial charge in [0.15, 0.2) is 5.78 Å². The third kappa shape index (κ3) is 7.42. The minimum absolute atomic E-state index is 0.0626. The average Bonchev–Trinajstić information content (AvgIpc) is 2.12. The van der Waals surface area contributed by atoms with E-state index in [0.717, 1.165) is 0 Å². The van der Waals surface area contributed by atoms with E-state index in [1.54, 1.807) is 0 Å². The lowest BCUT2D eigenvalue weighted by molar-refractivity contribution is -0.146. The fourth-order valence-electron chi connectivity index (χ4n) is 0.668. The van der Waals surface area contributed by atoms with Crippen LogP contribution in [0.3, 0.4) is 0 Å². The van der Waals surface area contributed by atoms with Crippen LogP contribution in [-0.4, -0.2) is 41.8 Å². The van der Waals surface area contributed by atoms with E-state index in [0.29, 0.717) is 12.8 Å². The van der Waals surface area contributed by atoms with Crippen LogP contribution in [0.5, 0.6) is 0 Å². The lowest BCUT2D eigenvalue weighted by Gasteiger charge is -2.02. The summed E-state index contributed by atoms with van der Waals surface area (Å²) in [4.78, 5) is 21.3. The minimum Gasteiger partial charge on any atom is -0.465 e. The van der Waals surface area contributed by atoms with Gasteiger partial charge in [0.1, 0.15) is 13.0 Å². The van der Waals surface area contributed by atoms with Crippen molar-refractivity contribution in [3.8, 4) is 0 Å². The molecule has 0 spiro atoms. The Morgan fingerprint density at radius 1 is 1.15 bits per heavy atom. The van der Waals surface area contributed by atoms with E-state index in [4.69, 9.17) is 10.2 Å². The molecule has 0 radical (unpaired) electrons. The molecule has 5 nitrogen and oxygen atoms in total. The van der Waals surface area contributed by atoms with Crippen molar-refractivity contribution in [2.45, 2.75) is 19.3 Å². The molecule has 0 aliphatic carbocycles. The van der Waals surface area contributed by atoms with Crippen LogP contribution in [0.15, 0.2) is 0 Å². The zero-order valence-electron chi connectivity index (χ0n) is 7.36. The summed E-state index contributed by atoms with van der Waals surface area (Å²) >= 11 is 0. The van der Waals surface area contributed by atoms with Crippen LogP contribution in [0.2, 0.25) is 0 Å². The first-order valence-corrected chi connectivity index (χ1v) is 4.09. The van der Waals surface area contributed by atoms with Gasteiger partial charge >= 0.3 is 5.97 Å².